The molecule has 0 heterocycles. The molecular formula is C42H31FN2. The molecular weight excluding hydrogens is 551 g/mol. The third-order valence-electron chi connectivity index (χ3n) is 7.86. The van der Waals surface area contributed by atoms with Crippen molar-refractivity contribution in [2.45, 2.75) is 0 Å². The average molecular weight is 583 g/mol. The van der Waals surface area contributed by atoms with Crippen molar-refractivity contribution >= 4 is 57.0 Å². The number of hydrogen-bond acceptors (Lipinski definition) is 2. The van der Waals surface area contributed by atoms with Crippen LogP contribution in [0.1, 0.15) is 11.1 Å². The van der Waals surface area contributed by atoms with Crippen molar-refractivity contribution < 1.29 is 4.39 Å². The molecule has 0 radical (unpaired) electrons. The number of para-hydroxylation sites is 4. The zero-order chi connectivity index (χ0) is 30.4. The number of rotatable bonds is 8. The molecule has 7 aromatic carbocycles. The van der Waals surface area contributed by atoms with Gasteiger partial charge in [0.1, 0.15) is 5.82 Å². The summed E-state index contributed by atoms with van der Waals surface area (Å²) in [6.45, 7) is 0. The van der Waals surface area contributed by atoms with E-state index in [1.165, 1.54) is 0 Å². The smallest absolute Gasteiger partial charge is 0.132 e. The summed E-state index contributed by atoms with van der Waals surface area (Å²) in [4.78, 5) is 4.32. The lowest BCUT2D eigenvalue weighted by molar-refractivity contribution is 0.625. The van der Waals surface area contributed by atoms with Gasteiger partial charge in [-0.15, -0.1) is 0 Å². The van der Waals surface area contributed by atoms with Gasteiger partial charge in [0.25, 0.3) is 0 Å². The van der Waals surface area contributed by atoms with E-state index in [9.17, 15) is 0 Å². The largest absolute Gasteiger partial charge is 0.310 e. The summed E-state index contributed by atoms with van der Waals surface area (Å²) in [6, 6.07) is 59.1. The van der Waals surface area contributed by atoms with Crippen molar-refractivity contribution in [2.24, 2.45) is 0 Å². The first-order valence-corrected chi connectivity index (χ1v) is 15.0. The quantitative estimate of drug-likeness (QED) is 0.164. The second kappa shape index (κ2) is 12.7. The van der Waals surface area contributed by atoms with Crippen LogP contribution in [0, 0.1) is 5.82 Å². The monoisotopic (exact) mass is 582 g/mol. The number of hydrogen-bond donors (Lipinski definition) is 0. The average Bonchev–Trinajstić information content (AvgIpc) is 3.10. The molecule has 0 aliphatic heterocycles. The van der Waals surface area contributed by atoms with Crippen LogP contribution in [0.5, 0.6) is 0 Å². The lowest BCUT2D eigenvalue weighted by atomic mass is 10.0. The Balaban J connectivity index is 1.16. The van der Waals surface area contributed by atoms with Crippen LogP contribution in [0.4, 0.5) is 38.5 Å². The van der Waals surface area contributed by atoms with Gasteiger partial charge in [0, 0.05) is 39.7 Å². The zero-order valence-corrected chi connectivity index (χ0v) is 24.7. The predicted octanol–water partition coefficient (Wildman–Crippen LogP) is 12.1. The third kappa shape index (κ3) is 6.11. The fourth-order valence-corrected chi connectivity index (χ4v) is 5.67. The zero-order valence-electron chi connectivity index (χ0n) is 24.7. The number of halogens is 1. The van der Waals surface area contributed by atoms with Crippen molar-refractivity contribution in [3.8, 4) is 0 Å². The van der Waals surface area contributed by atoms with E-state index < -0.39 is 0 Å². The van der Waals surface area contributed by atoms with E-state index in [1.54, 1.807) is 6.07 Å². The molecule has 0 unspecified atom stereocenters. The van der Waals surface area contributed by atoms with Crippen LogP contribution < -0.4 is 9.80 Å². The van der Waals surface area contributed by atoms with E-state index in [4.69, 9.17) is 0 Å². The topological polar surface area (TPSA) is 6.48 Å². The maximum absolute atomic E-state index is 15.5. The normalized spacial score (nSPS) is 11.1. The molecule has 0 saturated heterocycles. The van der Waals surface area contributed by atoms with Gasteiger partial charge in [-0.25, -0.2) is 4.39 Å². The Labute approximate surface area is 263 Å². The van der Waals surface area contributed by atoms with Crippen molar-refractivity contribution in [3.63, 3.8) is 0 Å². The summed E-state index contributed by atoms with van der Waals surface area (Å²) < 4.78 is 15.5. The first kappa shape index (κ1) is 27.9. The second-order valence-corrected chi connectivity index (χ2v) is 10.8. The molecule has 0 fully saturated rings. The number of anilines is 6. The van der Waals surface area contributed by atoms with E-state index in [-0.39, 0.29) is 5.82 Å². The minimum absolute atomic E-state index is 0.270. The molecule has 7 rings (SSSR count). The Hall–Kier alpha value is -5.93. The van der Waals surface area contributed by atoms with Crippen molar-refractivity contribution in [1.29, 1.82) is 0 Å². The third-order valence-corrected chi connectivity index (χ3v) is 7.86. The number of nitrogens with zero attached hydrogens (tertiary/aromatic N) is 2. The van der Waals surface area contributed by atoms with E-state index in [1.807, 2.05) is 97.1 Å². The van der Waals surface area contributed by atoms with Gasteiger partial charge in [-0.2, -0.15) is 0 Å². The molecule has 0 N–H and O–H groups in total. The molecule has 0 saturated carbocycles. The predicted molar refractivity (Wildman–Crippen MR) is 189 cm³/mol. The molecule has 45 heavy (non-hydrogen) atoms. The molecule has 0 bridgehead atoms. The first-order valence-electron chi connectivity index (χ1n) is 15.0. The molecule has 0 amide bonds. The van der Waals surface area contributed by atoms with Gasteiger partial charge in [-0.1, -0.05) is 103 Å². The van der Waals surface area contributed by atoms with Gasteiger partial charge in [-0.05, 0) is 101 Å². The summed E-state index contributed by atoms with van der Waals surface area (Å²) >= 11 is 0. The molecule has 0 atom stereocenters. The minimum atomic E-state index is -0.270. The first-order chi connectivity index (χ1) is 22.2. The van der Waals surface area contributed by atoms with Gasteiger partial charge in [0.05, 0.1) is 0 Å². The summed E-state index contributed by atoms with van der Waals surface area (Å²) in [5.74, 6) is -0.270. The Bertz CT molecular complexity index is 1980. The minimum Gasteiger partial charge on any atom is -0.310 e. The Morgan fingerprint density at radius 2 is 0.778 bits per heavy atom. The van der Waals surface area contributed by atoms with Gasteiger partial charge >= 0.3 is 0 Å². The van der Waals surface area contributed by atoms with Crippen LogP contribution in [0.25, 0.3) is 22.9 Å². The summed E-state index contributed by atoms with van der Waals surface area (Å²) in [5.41, 5.74) is 7.56. The van der Waals surface area contributed by atoms with Crippen molar-refractivity contribution in [1.82, 2.24) is 0 Å². The van der Waals surface area contributed by atoms with Crippen LogP contribution >= 0.6 is 0 Å². The fraction of sp³-hybridized carbons (Fsp3) is 0. The standard InChI is InChI=1S/C42H31FN2/c43-42-31-41(45(38-17-9-3-10-18-38)39-19-11-4-12-20-39)27-25-33(42)23-21-32-22-24-35-30-40(28-26-34(35)29-32)44(36-13-5-1-6-14-36)37-15-7-2-8-16-37/h1-31H. The summed E-state index contributed by atoms with van der Waals surface area (Å²) in [6.07, 6.45) is 3.81. The van der Waals surface area contributed by atoms with Crippen LogP contribution in [0.15, 0.2) is 176 Å². The van der Waals surface area contributed by atoms with E-state index in [0.717, 1.165) is 50.5 Å². The van der Waals surface area contributed by atoms with Gasteiger partial charge in [-0.3, -0.25) is 0 Å². The van der Waals surface area contributed by atoms with Crippen LogP contribution in [-0.2, 0) is 0 Å². The van der Waals surface area contributed by atoms with Gasteiger partial charge in [0.2, 0.25) is 0 Å². The summed E-state index contributed by atoms with van der Waals surface area (Å²) in [5, 5.41) is 2.26. The molecule has 7 aromatic rings. The molecule has 0 aromatic heterocycles. The maximum Gasteiger partial charge on any atom is 0.132 e. The Morgan fingerprint density at radius 3 is 1.27 bits per heavy atom. The van der Waals surface area contributed by atoms with Crippen molar-refractivity contribution in [2.75, 3.05) is 9.80 Å². The lowest BCUT2D eigenvalue weighted by Gasteiger charge is -2.25. The van der Waals surface area contributed by atoms with Gasteiger partial charge < -0.3 is 9.80 Å². The Kier molecular flexibility index (Phi) is 7.89. The SMILES string of the molecule is Fc1cc(N(c2ccccc2)c2ccccc2)ccc1C=Cc1ccc2cc(N(c3ccccc3)c3ccccc3)ccc2c1. The highest BCUT2D eigenvalue weighted by Crippen LogP contribution is 2.37. The maximum atomic E-state index is 15.5. The van der Waals surface area contributed by atoms with Crippen LogP contribution in [-0.4, -0.2) is 0 Å². The van der Waals surface area contributed by atoms with Crippen molar-refractivity contribution in [3.05, 3.63) is 193 Å². The van der Waals surface area contributed by atoms with Crippen LogP contribution in [0.3, 0.4) is 0 Å². The molecule has 0 aliphatic rings. The number of benzene rings is 7. The van der Waals surface area contributed by atoms with Gasteiger partial charge in [0.15, 0.2) is 0 Å². The van der Waals surface area contributed by atoms with E-state index in [2.05, 4.69) is 94.7 Å². The number of fused-ring (bicyclic) bond motifs is 1. The second-order valence-electron chi connectivity index (χ2n) is 10.8. The summed E-state index contributed by atoms with van der Waals surface area (Å²) in [7, 11) is 0. The highest BCUT2D eigenvalue weighted by Gasteiger charge is 2.14. The fourth-order valence-electron chi connectivity index (χ4n) is 5.67. The van der Waals surface area contributed by atoms with Crippen LogP contribution in [0.2, 0.25) is 0 Å². The Morgan fingerprint density at radius 1 is 0.356 bits per heavy atom. The molecule has 3 heteroatoms. The van der Waals surface area contributed by atoms with E-state index in [0.29, 0.717) is 5.56 Å². The van der Waals surface area contributed by atoms with E-state index >= 15 is 4.39 Å². The molecule has 2 nitrogen and oxygen atoms in total. The highest BCUT2D eigenvalue weighted by atomic mass is 19.1. The highest BCUT2D eigenvalue weighted by molar-refractivity contribution is 5.91. The lowest BCUT2D eigenvalue weighted by Crippen LogP contribution is -2.10. The molecule has 0 spiro atoms. The molecule has 0 aliphatic carbocycles. The molecule has 216 valence electrons.